The third-order valence-electron chi connectivity index (χ3n) is 4.91. The Hall–Kier alpha value is -1.80. The highest BCUT2D eigenvalue weighted by Gasteiger charge is 2.35. The van der Waals surface area contributed by atoms with E-state index >= 15 is 0 Å². The Morgan fingerprint density at radius 2 is 1.92 bits per heavy atom. The van der Waals surface area contributed by atoms with Gasteiger partial charge in [0.2, 0.25) is 0 Å². The number of hydrogen-bond acceptors (Lipinski definition) is 1. The first kappa shape index (κ1) is 17.0. The van der Waals surface area contributed by atoms with Crippen LogP contribution in [0.15, 0.2) is 46.7 Å². The summed E-state index contributed by atoms with van der Waals surface area (Å²) in [5.41, 5.74) is 6.05. The van der Waals surface area contributed by atoms with Gasteiger partial charge in [0.1, 0.15) is 0 Å². The van der Waals surface area contributed by atoms with Crippen LogP contribution in [-0.2, 0) is 4.79 Å². The molecule has 0 fully saturated rings. The largest absolute Gasteiger partial charge is 0.278 e. The van der Waals surface area contributed by atoms with Crippen LogP contribution in [0.5, 0.6) is 0 Å². The second-order valence-electron chi connectivity index (χ2n) is 6.98. The van der Waals surface area contributed by atoms with E-state index in [0.717, 1.165) is 64.4 Å². The zero-order chi connectivity index (χ0) is 17.4. The SMILES string of the molecule is C=C1C2=C(CCCC2)C(=O)N1c1ccc(C)c(/C=C(\Cl)C(C)C)c1. The van der Waals surface area contributed by atoms with Crippen LogP contribution in [-0.4, -0.2) is 5.91 Å². The lowest BCUT2D eigenvalue weighted by Crippen LogP contribution is -2.25. The van der Waals surface area contributed by atoms with Gasteiger partial charge >= 0.3 is 0 Å². The van der Waals surface area contributed by atoms with E-state index in [4.69, 9.17) is 11.6 Å². The molecule has 1 heterocycles. The van der Waals surface area contributed by atoms with Crippen molar-refractivity contribution in [3.8, 4) is 0 Å². The molecule has 24 heavy (non-hydrogen) atoms. The van der Waals surface area contributed by atoms with E-state index in [1.165, 1.54) is 0 Å². The van der Waals surface area contributed by atoms with Gasteiger partial charge in [0, 0.05) is 22.0 Å². The summed E-state index contributed by atoms with van der Waals surface area (Å²) >= 11 is 6.35. The lowest BCUT2D eigenvalue weighted by atomic mass is 9.93. The first-order chi connectivity index (χ1) is 11.4. The van der Waals surface area contributed by atoms with E-state index in [0.29, 0.717) is 0 Å². The summed E-state index contributed by atoms with van der Waals surface area (Å²) in [6.07, 6.45) is 6.08. The number of halogens is 1. The molecule has 2 aliphatic rings. The van der Waals surface area contributed by atoms with Gasteiger partial charge in [-0.3, -0.25) is 9.69 Å². The fraction of sp³-hybridized carbons (Fsp3) is 0.381. The summed E-state index contributed by atoms with van der Waals surface area (Å²) in [6, 6.07) is 6.09. The first-order valence-corrected chi connectivity index (χ1v) is 9.01. The van der Waals surface area contributed by atoms with Crippen molar-refractivity contribution in [1.82, 2.24) is 0 Å². The van der Waals surface area contributed by atoms with Crippen LogP contribution in [0, 0.1) is 12.8 Å². The van der Waals surface area contributed by atoms with Crippen molar-refractivity contribution >= 4 is 29.3 Å². The Labute approximate surface area is 149 Å². The fourth-order valence-electron chi connectivity index (χ4n) is 3.36. The normalized spacial score (nSPS) is 18.7. The van der Waals surface area contributed by atoms with E-state index in [-0.39, 0.29) is 11.8 Å². The summed E-state index contributed by atoms with van der Waals surface area (Å²) in [5.74, 6) is 0.385. The highest BCUT2D eigenvalue weighted by Crippen LogP contribution is 2.41. The molecular formula is C21H24ClNO. The summed E-state index contributed by atoms with van der Waals surface area (Å²) < 4.78 is 0. The van der Waals surface area contributed by atoms with Crippen molar-refractivity contribution in [2.45, 2.75) is 46.5 Å². The Morgan fingerprint density at radius 1 is 1.25 bits per heavy atom. The van der Waals surface area contributed by atoms with Crippen LogP contribution in [0.3, 0.4) is 0 Å². The molecule has 0 spiro atoms. The summed E-state index contributed by atoms with van der Waals surface area (Å²) in [5, 5.41) is 0.819. The first-order valence-electron chi connectivity index (χ1n) is 8.63. The maximum atomic E-state index is 12.8. The van der Waals surface area contributed by atoms with Gasteiger partial charge in [0.25, 0.3) is 5.91 Å². The molecule has 0 saturated carbocycles. The molecule has 2 nitrogen and oxygen atoms in total. The molecule has 126 valence electrons. The zero-order valence-corrected chi connectivity index (χ0v) is 15.4. The molecule has 0 N–H and O–H groups in total. The number of allylic oxidation sites excluding steroid dienone is 2. The van der Waals surface area contributed by atoms with E-state index in [1.807, 2.05) is 24.3 Å². The van der Waals surface area contributed by atoms with Crippen molar-refractivity contribution in [2.75, 3.05) is 4.90 Å². The number of aryl methyl sites for hydroxylation is 1. The predicted octanol–water partition coefficient (Wildman–Crippen LogP) is 5.96. The third-order valence-corrected chi connectivity index (χ3v) is 5.46. The number of rotatable bonds is 3. The number of anilines is 1. The smallest absolute Gasteiger partial charge is 0.259 e. The van der Waals surface area contributed by atoms with Crippen LogP contribution in [0.2, 0.25) is 0 Å². The lowest BCUT2D eigenvalue weighted by Gasteiger charge is -2.20. The number of benzene rings is 1. The zero-order valence-electron chi connectivity index (χ0n) is 14.7. The standard InChI is InChI=1S/C21H24ClNO/c1-13(2)20(22)12-16-11-17(10-9-14(16)3)23-15(4)18-7-5-6-8-19(18)21(23)24/h9-13H,4-8H2,1-3H3/b20-12-. The van der Waals surface area contributed by atoms with E-state index in [1.54, 1.807) is 4.90 Å². The second kappa shape index (κ2) is 6.60. The van der Waals surface area contributed by atoms with Crippen LogP contribution < -0.4 is 4.90 Å². The summed E-state index contributed by atoms with van der Waals surface area (Å²) in [4.78, 5) is 14.6. The van der Waals surface area contributed by atoms with Crippen molar-refractivity contribution in [3.05, 3.63) is 57.8 Å². The highest BCUT2D eigenvalue weighted by molar-refractivity contribution is 6.31. The Bertz CT molecular complexity index is 742. The molecule has 0 radical (unpaired) electrons. The predicted molar refractivity (Wildman–Crippen MR) is 102 cm³/mol. The van der Waals surface area contributed by atoms with Crippen LogP contribution in [0.1, 0.15) is 50.7 Å². The molecule has 1 aliphatic heterocycles. The van der Waals surface area contributed by atoms with Gasteiger partial charge in [-0.1, -0.05) is 38.1 Å². The molecule has 3 heteroatoms. The lowest BCUT2D eigenvalue weighted by molar-refractivity contribution is -0.114. The number of carbonyl (C=O) groups excluding carboxylic acids is 1. The minimum absolute atomic E-state index is 0.100. The average Bonchev–Trinajstić information content (AvgIpc) is 2.81. The molecule has 0 unspecified atom stereocenters. The topological polar surface area (TPSA) is 20.3 Å². The Morgan fingerprint density at radius 3 is 2.54 bits per heavy atom. The van der Waals surface area contributed by atoms with Crippen molar-refractivity contribution in [1.29, 1.82) is 0 Å². The number of hydrogen-bond donors (Lipinski definition) is 0. The molecular weight excluding hydrogens is 318 g/mol. The van der Waals surface area contributed by atoms with Gasteiger partial charge in [-0.15, -0.1) is 0 Å². The number of amides is 1. The molecule has 1 amide bonds. The summed E-state index contributed by atoms with van der Waals surface area (Å²) in [6.45, 7) is 10.4. The van der Waals surface area contributed by atoms with Gasteiger partial charge in [0.05, 0.1) is 0 Å². The monoisotopic (exact) mass is 341 g/mol. The Kier molecular flexibility index (Phi) is 4.69. The number of nitrogens with zero attached hydrogens (tertiary/aromatic N) is 1. The fourth-order valence-corrected chi connectivity index (χ4v) is 3.48. The molecule has 3 rings (SSSR count). The van der Waals surface area contributed by atoms with Gasteiger partial charge in [-0.2, -0.15) is 0 Å². The molecule has 1 aromatic rings. The number of carbonyl (C=O) groups is 1. The molecule has 0 aromatic heterocycles. The third kappa shape index (κ3) is 2.95. The van der Waals surface area contributed by atoms with E-state index in [9.17, 15) is 4.79 Å². The van der Waals surface area contributed by atoms with Crippen molar-refractivity contribution in [2.24, 2.45) is 5.92 Å². The molecule has 0 saturated heterocycles. The van der Waals surface area contributed by atoms with Crippen LogP contribution in [0.25, 0.3) is 6.08 Å². The maximum Gasteiger partial charge on any atom is 0.259 e. The minimum Gasteiger partial charge on any atom is -0.278 e. The van der Waals surface area contributed by atoms with E-state index < -0.39 is 0 Å². The summed E-state index contributed by atoms with van der Waals surface area (Å²) in [7, 11) is 0. The molecule has 1 aromatic carbocycles. The van der Waals surface area contributed by atoms with E-state index in [2.05, 4.69) is 27.4 Å². The minimum atomic E-state index is 0.100. The second-order valence-corrected chi connectivity index (χ2v) is 7.41. The van der Waals surface area contributed by atoms with Crippen molar-refractivity contribution < 1.29 is 4.79 Å². The molecule has 0 atom stereocenters. The van der Waals surface area contributed by atoms with Gasteiger partial charge < -0.3 is 0 Å². The van der Waals surface area contributed by atoms with Crippen LogP contribution in [0.4, 0.5) is 5.69 Å². The maximum absolute atomic E-state index is 12.8. The van der Waals surface area contributed by atoms with Gasteiger partial charge in [-0.05, 0) is 73.4 Å². The van der Waals surface area contributed by atoms with Crippen molar-refractivity contribution in [3.63, 3.8) is 0 Å². The van der Waals surface area contributed by atoms with Gasteiger partial charge in [0.15, 0.2) is 0 Å². The van der Waals surface area contributed by atoms with Crippen LogP contribution >= 0.6 is 11.6 Å². The highest BCUT2D eigenvalue weighted by atomic mass is 35.5. The van der Waals surface area contributed by atoms with Gasteiger partial charge in [-0.25, -0.2) is 0 Å². The molecule has 0 bridgehead atoms. The molecule has 1 aliphatic carbocycles. The average molecular weight is 342 g/mol. The Balaban J connectivity index is 1.98. The quantitative estimate of drug-likeness (QED) is 0.664.